The number of hydrogen-bond acceptors (Lipinski definition) is 4. The van der Waals surface area contributed by atoms with Crippen molar-refractivity contribution in [2.24, 2.45) is 0 Å². The van der Waals surface area contributed by atoms with Crippen molar-refractivity contribution in [1.82, 2.24) is 0 Å². The smallest absolute Gasteiger partial charge is 0.00791 e. The number of rotatable bonds is 5. The molecule has 0 aliphatic rings. The Kier molecular flexibility index (Phi) is 29.2. The molecule has 13 heavy (non-hydrogen) atoms. The molecule has 0 aromatic heterocycles. The van der Waals surface area contributed by atoms with Gasteiger partial charge >= 0.3 is 0 Å². The van der Waals surface area contributed by atoms with E-state index in [9.17, 15) is 0 Å². The van der Waals surface area contributed by atoms with Crippen molar-refractivity contribution >= 4 is 49.6 Å². The lowest BCUT2D eigenvalue weighted by atomic mass is 10.6. The number of hydrogen-bond donors (Lipinski definition) is 3. The first-order valence-corrected chi connectivity index (χ1v) is 7.10. The van der Waals surface area contributed by atoms with E-state index in [0.29, 0.717) is 5.25 Å². The van der Waals surface area contributed by atoms with Crippen molar-refractivity contribution in [3.8, 4) is 0 Å². The van der Waals surface area contributed by atoms with Crippen molar-refractivity contribution in [2.45, 2.75) is 32.9 Å². The van der Waals surface area contributed by atoms with Gasteiger partial charge in [0.1, 0.15) is 0 Å². The highest BCUT2D eigenvalue weighted by atomic mass is 32.2. The first-order valence-electron chi connectivity index (χ1n) is 4.16. The SMILES string of the molecule is C.CC(S)CSCCS.CCCS. The van der Waals surface area contributed by atoms with E-state index in [2.05, 4.69) is 51.7 Å². The van der Waals surface area contributed by atoms with Crippen LogP contribution in [0.1, 0.15) is 27.7 Å². The van der Waals surface area contributed by atoms with E-state index in [1.165, 1.54) is 6.42 Å². The summed E-state index contributed by atoms with van der Waals surface area (Å²) in [5, 5.41) is 0.528. The Morgan fingerprint density at radius 3 is 1.92 bits per heavy atom. The minimum atomic E-state index is 0. The molecule has 0 aliphatic heterocycles. The summed E-state index contributed by atoms with van der Waals surface area (Å²) in [4.78, 5) is 0. The maximum absolute atomic E-state index is 4.23. The normalized spacial score (nSPS) is 10.8. The Morgan fingerprint density at radius 1 is 1.23 bits per heavy atom. The summed E-state index contributed by atoms with van der Waals surface area (Å²) in [5.74, 6) is 4.28. The lowest BCUT2D eigenvalue weighted by molar-refractivity contribution is 1.11. The molecule has 0 nitrogen and oxygen atoms in total. The third-order valence-electron chi connectivity index (χ3n) is 0.818. The van der Waals surface area contributed by atoms with E-state index < -0.39 is 0 Å². The molecule has 0 aromatic rings. The molecule has 1 atom stereocenters. The predicted octanol–water partition coefficient (Wildman–Crippen LogP) is 3.93. The minimum Gasteiger partial charge on any atom is -0.179 e. The molecule has 0 saturated heterocycles. The van der Waals surface area contributed by atoms with Gasteiger partial charge in [0, 0.05) is 16.8 Å². The van der Waals surface area contributed by atoms with Crippen molar-refractivity contribution in [2.75, 3.05) is 23.0 Å². The summed E-state index contributed by atoms with van der Waals surface area (Å²) in [6, 6.07) is 0. The molecule has 0 bridgehead atoms. The van der Waals surface area contributed by atoms with E-state index in [4.69, 9.17) is 0 Å². The molecule has 4 heteroatoms. The van der Waals surface area contributed by atoms with Gasteiger partial charge < -0.3 is 0 Å². The molecular formula is C9H24S4. The standard InChI is InChI=1S/C5H12S3.C3H8S.CH4/c1-5(7)4-8-3-2-6;1-2-3-4;/h5-7H,2-4H2,1H3;4H,2-3H2,1H3;1H4. The summed E-state index contributed by atoms with van der Waals surface area (Å²) in [6.45, 7) is 4.21. The molecule has 0 spiro atoms. The summed E-state index contributed by atoms with van der Waals surface area (Å²) in [7, 11) is 0. The number of thioether (sulfide) groups is 1. The molecule has 1 unspecified atom stereocenters. The van der Waals surface area contributed by atoms with Crippen LogP contribution in [0.3, 0.4) is 0 Å². The first-order chi connectivity index (χ1) is 5.68. The third-order valence-corrected chi connectivity index (χ3v) is 3.45. The van der Waals surface area contributed by atoms with E-state index in [1.54, 1.807) is 0 Å². The van der Waals surface area contributed by atoms with Gasteiger partial charge in [0.15, 0.2) is 0 Å². The summed E-state index contributed by atoms with van der Waals surface area (Å²) in [5.41, 5.74) is 0. The fraction of sp³-hybridized carbons (Fsp3) is 1.00. The second-order valence-electron chi connectivity index (χ2n) is 2.37. The summed E-state index contributed by atoms with van der Waals surface area (Å²) < 4.78 is 0. The molecule has 0 heterocycles. The van der Waals surface area contributed by atoms with Crippen LogP contribution in [0.15, 0.2) is 0 Å². The van der Waals surface area contributed by atoms with E-state index >= 15 is 0 Å². The molecule has 0 aliphatic carbocycles. The Morgan fingerprint density at radius 2 is 1.69 bits per heavy atom. The predicted molar refractivity (Wildman–Crippen MR) is 80.5 cm³/mol. The van der Waals surface area contributed by atoms with Crippen molar-refractivity contribution in [3.63, 3.8) is 0 Å². The minimum absolute atomic E-state index is 0. The zero-order chi connectivity index (χ0) is 9.82. The Balaban J connectivity index is -0.000000173. The molecule has 84 valence electrons. The molecule has 0 saturated carbocycles. The van der Waals surface area contributed by atoms with Crippen LogP contribution in [0.5, 0.6) is 0 Å². The van der Waals surface area contributed by atoms with E-state index in [0.717, 1.165) is 23.0 Å². The van der Waals surface area contributed by atoms with Crippen LogP contribution in [0, 0.1) is 0 Å². The van der Waals surface area contributed by atoms with Gasteiger partial charge in [-0.05, 0) is 17.9 Å². The molecule has 0 radical (unpaired) electrons. The molecule has 0 aromatic carbocycles. The highest BCUT2D eigenvalue weighted by molar-refractivity contribution is 8.00. The maximum Gasteiger partial charge on any atom is 0.00791 e. The zero-order valence-electron chi connectivity index (χ0n) is 7.86. The van der Waals surface area contributed by atoms with Crippen LogP contribution >= 0.6 is 49.6 Å². The van der Waals surface area contributed by atoms with Gasteiger partial charge in [0.05, 0.1) is 0 Å². The molecular weight excluding hydrogens is 236 g/mol. The van der Waals surface area contributed by atoms with Crippen LogP contribution in [0.25, 0.3) is 0 Å². The second-order valence-corrected chi connectivity index (χ2v) is 5.30. The quantitative estimate of drug-likeness (QED) is 0.497. The average Bonchev–Trinajstić information content (AvgIpc) is 2.05. The van der Waals surface area contributed by atoms with Gasteiger partial charge in [-0.25, -0.2) is 0 Å². The first kappa shape index (κ1) is 19.9. The van der Waals surface area contributed by atoms with Gasteiger partial charge in [-0.15, -0.1) is 0 Å². The van der Waals surface area contributed by atoms with Crippen LogP contribution in [0.2, 0.25) is 0 Å². The Labute approximate surface area is 105 Å². The third kappa shape index (κ3) is 31.8. The fourth-order valence-corrected chi connectivity index (χ4v) is 1.66. The van der Waals surface area contributed by atoms with E-state index in [-0.39, 0.29) is 7.43 Å². The number of thiol groups is 3. The summed E-state index contributed by atoms with van der Waals surface area (Å²) >= 11 is 14.1. The van der Waals surface area contributed by atoms with Crippen molar-refractivity contribution < 1.29 is 0 Å². The van der Waals surface area contributed by atoms with Crippen molar-refractivity contribution in [3.05, 3.63) is 0 Å². The lowest BCUT2D eigenvalue weighted by Gasteiger charge is -1.99. The topological polar surface area (TPSA) is 0 Å². The lowest BCUT2D eigenvalue weighted by Crippen LogP contribution is -1.95. The Bertz CT molecular complexity index is 64.6. The molecule has 0 N–H and O–H groups in total. The average molecular weight is 261 g/mol. The van der Waals surface area contributed by atoms with Gasteiger partial charge in [-0.3, -0.25) is 0 Å². The molecule has 0 amide bonds. The van der Waals surface area contributed by atoms with Crippen molar-refractivity contribution in [1.29, 1.82) is 0 Å². The largest absolute Gasteiger partial charge is 0.179 e. The van der Waals surface area contributed by atoms with E-state index in [1.807, 2.05) is 11.8 Å². The summed E-state index contributed by atoms with van der Waals surface area (Å²) in [6.07, 6.45) is 1.18. The molecule has 0 fully saturated rings. The fourth-order valence-electron chi connectivity index (χ4n) is 0.318. The monoisotopic (exact) mass is 260 g/mol. The highest BCUT2D eigenvalue weighted by Gasteiger charge is 1.91. The van der Waals surface area contributed by atoms with Gasteiger partial charge in [-0.2, -0.15) is 49.6 Å². The Hall–Kier alpha value is 1.40. The maximum atomic E-state index is 4.23. The van der Waals surface area contributed by atoms with Crippen LogP contribution in [-0.4, -0.2) is 28.3 Å². The zero-order valence-corrected chi connectivity index (χ0v) is 11.4. The highest BCUT2D eigenvalue weighted by Crippen LogP contribution is 2.06. The van der Waals surface area contributed by atoms with Gasteiger partial charge in [-0.1, -0.05) is 21.3 Å². The van der Waals surface area contributed by atoms with Crippen LogP contribution < -0.4 is 0 Å². The second kappa shape index (κ2) is 19.0. The van der Waals surface area contributed by atoms with Crippen LogP contribution in [-0.2, 0) is 0 Å². The van der Waals surface area contributed by atoms with Gasteiger partial charge in [0.2, 0.25) is 0 Å². The van der Waals surface area contributed by atoms with Gasteiger partial charge in [0.25, 0.3) is 0 Å². The molecule has 0 rings (SSSR count). The van der Waals surface area contributed by atoms with Crippen LogP contribution in [0.4, 0.5) is 0 Å².